The van der Waals surface area contributed by atoms with E-state index < -0.39 is 23.6 Å². The molecular formula is C23H15Cl3N2O5S. The molecule has 1 saturated heterocycles. The topological polar surface area (TPSA) is 88.8 Å². The molecule has 1 aromatic heterocycles. The van der Waals surface area contributed by atoms with Gasteiger partial charge in [-0.2, -0.15) is 0 Å². The Labute approximate surface area is 213 Å². The van der Waals surface area contributed by atoms with Gasteiger partial charge >= 0.3 is 0 Å². The number of hydrogen-bond acceptors (Lipinski definition) is 6. The second-order valence-corrected chi connectivity index (χ2v) is 9.24. The second kappa shape index (κ2) is 10.1. The zero-order chi connectivity index (χ0) is 24.4. The van der Waals surface area contributed by atoms with Gasteiger partial charge in [0.15, 0.2) is 0 Å². The van der Waals surface area contributed by atoms with Crippen molar-refractivity contribution in [1.82, 2.24) is 4.90 Å². The molecule has 0 radical (unpaired) electrons. The fraction of sp³-hybridized carbons (Fsp3) is 0.0870. The Hall–Kier alpha value is -2.91. The van der Waals surface area contributed by atoms with Gasteiger partial charge in [0.1, 0.15) is 23.8 Å². The van der Waals surface area contributed by atoms with Gasteiger partial charge in [0.2, 0.25) is 5.91 Å². The zero-order valence-corrected chi connectivity index (χ0v) is 20.5. The first kappa shape index (κ1) is 24.2. The molecular weight excluding hydrogens is 523 g/mol. The highest BCUT2D eigenvalue weighted by molar-refractivity contribution is 8.18. The lowest BCUT2D eigenvalue weighted by Crippen LogP contribution is -2.36. The summed E-state index contributed by atoms with van der Waals surface area (Å²) in [5.74, 6) is 0.131. The summed E-state index contributed by atoms with van der Waals surface area (Å²) in [4.78, 5) is 38.5. The van der Waals surface area contributed by atoms with Crippen molar-refractivity contribution < 1.29 is 23.5 Å². The number of carbonyl (C=O) groups is 3. The molecule has 0 saturated carbocycles. The van der Waals surface area contributed by atoms with E-state index in [4.69, 9.17) is 44.0 Å². The van der Waals surface area contributed by atoms with E-state index in [1.54, 1.807) is 42.5 Å². The van der Waals surface area contributed by atoms with Crippen molar-refractivity contribution in [1.29, 1.82) is 0 Å². The summed E-state index contributed by atoms with van der Waals surface area (Å²) in [6, 6.07) is 13.0. The van der Waals surface area contributed by atoms with Crippen molar-refractivity contribution in [3.8, 4) is 17.1 Å². The average molecular weight is 538 g/mol. The number of furan rings is 1. The number of imide groups is 1. The summed E-state index contributed by atoms with van der Waals surface area (Å²) in [5.41, 5.74) is 1.04. The van der Waals surface area contributed by atoms with Crippen molar-refractivity contribution in [2.45, 2.75) is 0 Å². The summed E-state index contributed by atoms with van der Waals surface area (Å²) >= 11 is 18.9. The molecule has 3 aromatic rings. The normalized spacial score (nSPS) is 14.7. The Balaban J connectivity index is 1.45. The summed E-state index contributed by atoms with van der Waals surface area (Å²) in [5, 5.41) is 3.26. The molecule has 0 bridgehead atoms. The Morgan fingerprint density at radius 2 is 1.88 bits per heavy atom. The maximum Gasteiger partial charge on any atom is 0.294 e. The van der Waals surface area contributed by atoms with Crippen LogP contribution < -0.4 is 10.1 Å². The summed E-state index contributed by atoms with van der Waals surface area (Å²) in [6.07, 6.45) is 1.44. The van der Waals surface area contributed by atoms with Crippen molar-refractivity contribution >= 4 is 75.4 Å². The number of nitrogens with one attached hydrogen (secondary N) is 1. The van der Waals surface area contributed by atoms with Crippen LogP contribution in [-0.4, -0.2) is 35.6 Å². The van der Waals surface area contributed by atoms with Crippen LogP contribution in [0.1, 0.15) is 5.76 Å². The van der Waals surface area contributed by atoms with Crippen LogP contribution >= 0.6 is 46.6 Å². The average Bonchev–Trinajstić information content (AvgIpc) is 3.34. The Bertz CT molecular complexity index is 1340. The van der Waals surface area contributed by atoms with Gasteiger partial charge in [-0.25, -0.2) is 0 Å². The molecule has 0 spiro atoms. The van der Waals surface area contributed by atoms with Gasteiger partial charge in [0, 0.05) is 22.3 Å². The number of halogens is 3. The molecule has 1 aliphatic rings. The van der Waals surface area contributed by atoms with E-state index >= 15 is 0 Å². The molecule has 174 valence electrons. The number of nitrogens with zero attached hydrogens (tertiary/aromatic N) is 1. The van der Waals surface area contributed by atoms with Crippen LogP contribution in [0.3, 0.4) is 0 Å². The largest absolute Gasteiger partial charge is 0.495 e. The van der Waals surface area contributed by atoms with Crippen molar-refractivity contribution in [3.63, 3.8) is 0 Å². The van der Waals surface area contributed by atoms with Gasteiger partial charge in [0.25, 0.3) is 11.1 Å². The monoisotopic (exact) mass is 536 g/mol. The predicted molar refractivity (Wildman–Crippen MR) is 133 cm³/mol. The van der Waals surface area contributed by atoms with E-state index in [0.29, 0.717) is 43.6 Å². The van der Waals surface area contributed by atoms with Crippen molar-refractivity contribution in [2.24, 2.45) is 0 Å². The number of amides is 3. The van der Waals surface area contributed by atoms with E-state index in [9.17, 15) is 14.4 Å². The first-order chi connectivity index (χ1) is 16.2. The van der Waals surface area contributed by atoms with Crippen molar-refractivity contribution in [3.05, 3.63) is 74.3 Å². The fourth-order valence-electron chi connectivity index (χ4n) is 3.12. The Kier molecular flexibility index (Phi) is 7.23. The minimum atomic E-state index is -0.597. The highest BCUT2D eigenvalue weighted by Gasteiger charge is 2.36. The Morgan fingerprint density at radius 1 is 1.09 bits per heavy atom. The molecule has 2 heterocycles. The second-order valence-electron chi connectivity index (χ2n) is 6.99. The Morgan fingerprint density at radius 3 is 2.59 bits per heavy atom. The molecule has 1 aliphatic heterocycles. The van der Waals surface area contributed by atoms with E-state index in [1.807, 2.05) is 0 Å². The first-order valence-corrected chi connectivity index (χ1v) is 11.6. The molecule has 0 atom stereocenters. The zero-order valence-electron chi connectivity index (χ0n) is 17.4. The lowest BCUT2D eigenvalue weighted by molar-refractivity contribution is -0.127. The van der Waals surface area contributed by atoms with E-state index in [1.165, 1.54) is 19.3 Å². The van der Waals surface area contributed by atoms with Crippen LogP contribution in [0.15, 0.2) is 57.9 Å². The third kappa shape index (κ3) is 5.26. The molecule has 3 amide bonds. The van der Waals surface area contributed by atoms with Gasteiger partial charge < -0.3 is 14.5 Å². The first-order valence-electron chi connectivity index (χ1n) is 9.69. The number of hydrogen-bond donors (Lipinski definition) is 1. The number of anilines is 1. The van der Waals surface area contributed by atoms with Gasteiger partial charge in [-0.3, -0.25) is 19.3 Å². The van der Waals surface area contributed by atoms with Crippen LogP contribution in [-0.2, 0) is 9.59 Å². The lowest BCUT2D eigenvalue weighted by Gasteiger charge is -2.13. The smallest absolute Gasteiger partial charge is 0.294 e. The van der Waals surface area contributed by atoms with Gasteiger partial charge in [-0.05, 0) is 60.3 Å². The highest BCUT2D eigenvalue weighted by Crippen LogP contribution is 2.35. The maximum atomic E-state index is 12.7. The molecule has 0 aliphatic carbocycles. The van der Waals surface area contributed by atoms with E-state index in [2.05, 4.69) is 5.32 Å². The number of thioether (sulfide) groups is 1. The molecule has 7 nitrogen and oxygen atoms in total. The van der Waals surface area contributed by atoms with Crippen LogP contribution in [0.25, 0.3) is 17.4 Å². The molecule has 4 rings (SSSR count). The number of benzene rings is 2. The number of ether oxygens (including phenoxy) is 1. The molecule has 11 heteroatoms. The van der Waals surface area contributed by atoms with E-state index in [0.717, 1.165) is 16.7 Å². The van der Waals surface area contributed by atoms with E-state index in [-0.39, 0.29) is 4.91 Å². The highest BCUT2D eigenvalue weighted by atomic mass is 35.5. The SMILES string of the molecule is COc1ccc(NC(=O)CN2C(=O)S/C(=C/c3ccc(-c4ccc(Cl)cc4Cl)o3)C2=O)cc1Cl. The fourth-order valence-corrected chi connectivity index (χ4v) is 4.70. The molecule has 2 aromatic carbocycles. The predicted octanol–water partition coefficient (Wildman–Crippen LogP) is 6.59. The van der Waals surface area contributed by atoms with Crippen LogP contribution in [0.5, 0.6) is 5.75 Å². The summed E-state index contributed by atoms with van der Waals surface area (Å²) in [7, 11) is 1.48. The van der Waals surface area contributed by atoms with Crippen LogP contribution in [0, 0.1) is 0 Å². The minimum Gasteiger partial charge on any atom is -0.495 e. The van der Waals surface area contributed by atoms with Crippen LogP contribution in [0.4, 0.5) is 10.5 Å². The quantitative estimate of drug-likeness (QED) is 0.357. The molecule has 34 heavy (non-hydrogen) atoms. The number of carbonyl (C=O) groups excluding carboxylic acids is 3. The summed E-state index contributed by atoms with van der Waals surface area (Å²) < 4.78 is 10.8. The number of rotatable bonds is 6. The van der Waals surface area contributed by atoms with Gasteiger partial charge in [-0.1, -0.05) is 34.8 Å². The van der Waals surface area contributed by atoms with Crippen molar-refractivity contribution in [2.75, 3.05) is 19.0 Å². The molecule has 0 unspecified atom stereocenters. The standard InChI is InChI=1S/C23H15Cl3N2O5S/c1-32-19-6-3-13(9-17(19)26)27-21(29)11-28-22(30)20(34-23(28)31)10-14-4-7-18(33-14)15-5-2-12(24)8-16(15)25/h2-10H,11H2,1H3,(H,27,29)/b20-10+. The third-order valence-electron chi connectivity index (χ3n) is 4.71. The summed E-state index contributed by atoms with van der Waals surface area (Å²) in [6.45, 7) is -0.449. The molecule has 1 fully saturated rings. The minimum absolute atomic E-state index is 0.133. The lowest BCUT2D eigenvalue weighted by atomic mass is 10.2. The molecule has 1 N–H and O–H groups in total. The van der Waals surface area contributed by atoms with Crippen LogP contribution in [0.2, 0.25) is 15.1 Å². The maximum absolute atomic E-state index is 12.7. The third-order valence-corrected chi connectivity index (χ3v) is 6.46. The van der Waals surface area contributed by atoms with Gasteiger partial charge in [0.05, 0.1) is 22.1 Å². The van der Waals surface area contributed by atoms with Gasteiger partial charge in [-0.15, -0.1) is 0 Å². The number of methoxy groups -OCH3 is 1.